The molecule has 0 unspecified atom stereocenters. The number of aliphatic hydroxyl groups excluding tert-OH is 2. The number of ketones is 2. The molecular weight excluding hydrogens is 660 g/mol. The highest BCUT2D eigenvalue weighted by Gasteiger charge is 2.38. The smallest absolute Gasteiger partial charge is 0.229 e. The quantitative estimate of drug-likeness (QED) is 0.0869. The number of carbonyl (C=O) groups is 2. The maximum Gasteiger partial charge on any atom is 0.229 e. The molecule has 0 saturated heterocycles. The van der Waals surface area contributed by atoms with Crippen LogP contribution in [0.3, 0.4) is 0 Å². The zero-order valence-electron chi connectivity index (χ0n) is 29.6. The zero-order chi connectivity index (χ0) is 37.8. The van der Waals surface area contributed by atoms with Gasteiger partial charge in [-0.25, -0.2) is 0 Å². The minimum absolute atomic E-state index is 0.00414. The third-order valence-electron chi connectivity index (χ3n) is 9.41. The Morgan fingerprint density at radius 2 is 0.904 bits per heavy atom. The molecule has 0 bridgehead atoms. The summed E-state index contributed by atoms with van der Waals surface area (Å²) < 4.78 is 0. The Balaban J connectivity index is 1.63. The van der Waals surface area contributed by atoms with Gasteiger partial charge in [0.25, 0.3) is 0 Å². The fourth-order valence-corrected chi connectivity index (χ4v) is 7.13. The third-order valence-corrected chi connectivity index (χ3v) is 9.41. The highest BCUT2D eigenvalue weighted by Crippen LogP contribution is 2.53. The number of anilines is 2. The number of phenolic OH excluding ortho intramolecular Hbond substituents is 4. The van der Waals surface area contributed by atoms with Gasteiger partial charge in [-0.2, -0.15) is 0 Å². The number of benzene rings is 4. The Hall–Kier alpha value is -6.42. The molecule has 2 aliphatic carbocycles. The van der Waals surface area contributed by atoms with E-state index in [9.17, 15) is 40.2 Å². The number of rotatable bonds is 7. The maximum absolute atomic E-state index is 13.8. The average Bonchev–Trinajstić information content (AvgIpc) is 3.07. The number of hydrogen-bond donors (Lipinski definition) is 8. The summed E-state index contributed by atoms with van der Waals surface area (Å²) in [7, 11) is 0. The minimum atomic E-state index is -0.726. The van der Waals surface area contributed by atoms with Crippen molar-refractivity contribution in [2.45, 2.75) is 41.5 Å². The summed E-state index contributed by atoms with van der Waals surface area (Å²) in [4.78, 5) is 27.6. The van der Waals surface area contributed by atoms with Gasteiger partial charge in [0.05, 0.1) is 11.1 Å². The van der Waals surface area contributed by atoms with E-state index in [1.807, 2.05) is 27.7 Å². The molecule has 2 aliphatic rings. The fraction of sp³-hybridized carbons (Fsp3) is 0.190. The van der Waals surface area contributed by atoms with Gasteiger partial charge in [-0.15, -0.1) is 0 Å². The van der Waals surface area contributed by atoms with E-state index in [-0.39, 0.29) is 68.2 Å². The number of nitrogens with one attached hydrogen (secondary N) is 2. The molecule has 266 valence electrons. The van der Waals surface area contributed by atoms with Gasteiger partial charge in [-0.1, -0.05) is 52.0 Å². The van der Waals surface area contributed by atoms with Gasteiger partial charge < -0.3 is 41.3 Å². The van der Waals surface area contributed by atoms with Crippen molar-refractivity contribution in [2.24, 2.45) is 11.8 Å². The van der Waals surface area contributed by atoms with Gasteiger partial charge in [-0.3, -0.25) is 9.59 Å². The van der Waals surface area contributed by atoms with Crippen molar-refractivity contribution in [3.63, 3.8) is 0 Å². The second-order valence-electron chi connectivity index (χ2n) is 13.7. The number of aryl methyl sites for hydroxylation is 2. The summed E-state index contributed by atoms with van der Waals surface area (Å²) >= 11 is 0. The van der Waals surface area contributed by atoms with Crippen LogP contribution in [-0.4, -0.2) is 42.2 Å². The van der Waals surface area contributed by atoms with Crippen LogP contribution in [0.4, 0.5) is 11.4 Å². The largest absolute Gasteiger partial charge is 0.508 e. The molecule has 0 saturated carbocycles. The fourth-order valence-electron chi connectivity index (χ4n) is 7.13. The van der Waals surface area contributed by atoms with Gasteiger partial charge in [0.15, 0.2) is 11.5 Å². The molecule has 4 aromatic carbocycles. The van der Waals surface area contributed by atoms with Gasteiger partial charge in [-0.05, 0) is 72.2 Å². The van der Waals surface area contributed by atoms with Crippen LogP contribution in [0.15, 0.2) is 84.6 Å². The van der Waals surface area contributed by atoms with Crippen LogP contribution in [0.1, 0.15) is 61.1 Å². The Labute approximate surface area is 301 Å². The zero-order valence-corrected chi connectivity index (χ0v) is 29.6. The van der Waals surface area contributed by atoms with Crippen molar-refractivity contribution in [3.05, 3.63) is 118 Å². The summed E-state index contributed by atoms with van der Waals surface area (Å²) in [6.07, 6.45) is 2.72. The first kappa shape index (κ1) is 35.4. The maximum atomic E-state index is 13.8. The van der Waals surface area contributed by atoms with E-state index in [1.54, 1.807) is 50.2 Å². The summed E-state index contributed by atoms with van der Waals surface area (Å²) in [6.45, 7) is 10.8. The van der Waals surface area contributed by atoms with E-state index >= 15 is 0 Å². The molecule has 8 N–H and O–H groups in total. The molecule has 0 heterocycles. The average molecular weight is 701 g/mol. The first-order valence-corrected chi connectivity index (χ1v) is 16.8. The van der Waals surface area contributed by atoms with Crippen LogP contribution in [0.2, 0.25) is 0 Å². The monoisotopic (exact) mass is 700 g/mol. The van der Waals surface area contributed by atoms with E-state index in [4.69, 9.17) is 0 Å². The first-order valence-electron chi connectivity index (χ1n) is 16.8. The number of aliphatic hydroxyl groups is 2. The second kappa shape index (κ2) is 13.4. The number of aromatic hydroxyl groups is 4. The van der Waals surface area contributed by atoms with Crippen molar-refractivity contribution in [1.29, 1.82) is 0 Å². The predicted octanol–water partition coefficient (Wildman–Crippen LogP) is 8.71. The number of Topliss-reactive ketones (excluding diaryl/α,β-unsaturated/α-hetero) is 2. The lowest BCUT2D eigenvalue weighted by molar-refractivity contribution is -0.113. The Morgan fingerprint density at radius 1 is 0.538 bits per heavy atom. The van der Waals surface area contributed by atoms with Crippen LogP contribution >= 0.6 is 0 Å². The SMILES string of the molecule is Cc1cc2c(c(O)c1-c1c(C)cc3c(c1O)/C(=C/Nc1cccc(O)c1)C(=O)C(O)=C3C(C)C)/C(=C/Nc1cccc(O)c1)C(=O)C(O)=C2C(C)C. The molecule has 4 aromatic rings. The van der Waals surface area contributed by atoms with Gasteiger partial charge in [0, 0.05) is 69.3 Å². The Bertz CT molecular complexity index is 2160. The van der Waals surface area contributed by atoms with Crippen LogP contribution < -0.4 is 10.6 Å². The lowest BCUT2D eigenvalue weighted by atomic mass is 9.75. The molecule has 0 aliphatic heterocycles. The summed E-state index contributed by atoms with van der Waals surface area (Å²) in [5.74, 6) is -3.64. The summed E-state index contributed by atoms with van der Waals surface area (Å²) in [5.41, 5.74) is 4.09. The van der Waals surface area contributed by atoms with E-state index < -0.39 is 23.1 Å². The lowest BCUT2D eigenvalue weighted by Gasteiger charge is -2.29. The number of carbonyl (C=O) groups excluding carboxylic acids is 2. The van der Waals surface area contributed by atoms with E-state index in [2.05, 4.69) is 10.6 Å². The second-order valence-corrected chi connectivity index (χ2v) is 13.7. The molecule has 0 atom stereocenters. The van der Waals surface area contributed by atoms with Crippen molar-refractivity contribution >= 4 is 45.2 Å². The van der Waals surface area contributed by atoms with Crippen LogP contribution in [-0.2, 0) is 9.59 Å². The molecule has 0 fully saturated rings. The molecule has 10 heteroatoms. The van der Waals surface area contributed by atoms with Gasteiger partial charge in [0.2, 0.25) is 11.6 Å². The summed E-state index contributed by atoms with van der Waals surface area (Å²) in [5, 5.41) is 72.8. The molecule has 52 heavy (non-hydrogen) atoms. The normalized spacial score (nSPS) is 15.9. The number of fused-ring (bicyclic) bond motifs is 2. The van der Waals surface area contributed by atoms with Crippen molar-refractivity contribution in [2.75, 3.05) is 10.6 Å². The number of hydrogen-bond acceptors (Lipinski definition) is 10. The van der Waals surface area contributed by atoms with Crippen molar-refractivity contribution in [1.82, 2.24) is 0 Å². The highest BCUT2D eigenvalue weighted by atomic mass is 16.3. The summed E-state index contributed by atoms with van der Waals surface area (Å²) in [6, 6.07) is 16.0. The molecule has 0 amide bonds. The van der Waals surface area contributed by atoms with Crippen molar-refractivity contribution in [3.8, 4) is 34.1 Å². The number of phenols is 4. The molecule has 0 aromatic heterocycles. The van der Waals surface area contributed by atoms with Crippen LogP contribution in [0.25, 0.3) is 33.4 Å². The van der Waals surface area contributed by atoms with Crippen LogP contribution in [0, 0.1) is 25.7 Å². The van der Waals surface area contributed by atoms with Gasteiger partial charge in [0.1, 0.15) is 23.0 Å². The standard InChI is InChI=1S/C42H40N2O8/c1-19(2)31-27-13-21(5)33(39(49)35(27)29(37(47)41(31)51)17-43-23-9-7-11-25(45)15-23)34-22(6)14-28-32(20(3)4)42(52)38(48)30(36(28)40(34)50)18-44-24-10-8-12-26(46)16-24/h7-20,43-46,49-52H,1-6H3/b29-17-,30-18-. The molecule has 0 spiro atoms. The Kier molecular flexibility index (Phi) is 9.10. The topological polar surface area (TPSA) is 180 Å². The highest BCUT2D eigenvalue weighted by molar-refractivity contribution is 6.35. The van der Waals surface area contributed by atoms with Crippen molar-refractivity contribution < 1.29 is 40.2 Å². The Morgan fingerprint density at radius 3 is 1.23 bits per heavy atom. The van der Waals surface area contributed by atoms with E-state index in [1.165, 1.54) is 36.7 Å². The molecule has 6 rings (SSSR count). The molecular formula is C42H40N2O8. The number of allylic oxidation sites excluding steroid dienone is 4. The molecule has 10 nitrogen and oxygen atoms in total. The van der Waals surface area contributed by atoms with E-state index in [0.717, 1.165) is 0 Å². The van der Waals surface area contributed by atoms with Crippen LogP contribution in [0.5, 0.6) is 23.0 Å². The van der Waals surface area contributed by atoms with E-state index in [0.29, 0.717) is 44.8 Å². The third kappa shape index (κ3) is 5.91. The minimum Gasteiger partial charge on any atom is -0.508 e. The lowest BCUT2D eigenvalue weighted by Crippen LogP contribution is -2.20. The molecule has 0 radical (unpaired) electrons. The predicted molar refractivity (Wildman–Crippen MR) is 203 cm³/mol. The van der Waals surface area contributed by atoms with Gasteiger partial charge >= 0.3 is 0 Å². The first-order chi connectivity index (χ1) is 24.6.